The lowest BCUT2D eigenvalue weighted by atomic mass is 10.1. The Labute approximate surface area is 91.8 Å². The third-order valence-electron chi connectivity index (χ3n) is 2.92. The van der Waals surface area contributed by atoms with Crippen molar-refractivity contribution in [2.45, 2.75) is 44.2 Å². The SMILES string of the molecule is CN(C)C(=O)COC1CCCCCC1N. The van der Waals surface area contributed by atoms with Gasteiger partial charge in [-0.05, 0) is 12.8 Å². The molecule has 0 aliphatic heterocycles. The summed E-state index contributed by atoms with van der Waals surface area (Å²) in [5, 5.41) is 0. The third-order valence-corrected chi connectivity index (χ3v) is 2.92. The second-order valence-electron chi connectivity index (χ2n) is 4.44. The number of carbonyl (C=O) groups is 1. The molecule has 88 valence electrons. The summed E-state index contributed by atoms with van der Waals surface area (Å²) in [6.45, 7) is 0.158. The average molecular weight is 214 g/mol. The highest BCUT2D eigenvalue weighted by Gasteiger charge is 2.21. The van der Waals surface area contributed by atoms with E-state index in [0.29, 0.717) is 0 Å². The maximum atomic E-state index is 11.3. The maximum Gasteiger partial charge on any atom is 0.248 e. The van der Waals surface area contributed by atoms with E-state index in [1.54, 1.807) is 19.0 Å². The molecular formula is C11H22N2O2. The Hall–Kier alpha value is -0.610. The standard InChI is InChI=1S/C11H22N2O2/c1-13(2)11(14)8-15-10-7-5-3-4-6-9(10)12/h9-10H,3-8,12H2,1-2H3. The van der Waals surface area contributed by atoms with Gasteiger partial charge in [0.15, 0.2) is 0 Å². The molecule has 2 N–H and O–H groups in total. The van der Waals surface area contributed by atoms with Gasteiger partial charge in [-0.1, -0.05) is 19.3 Å². The molecule has 0 spiro atoms. The van der Waals surface area contributed by atoms with E-state index in [9.17, 15) is 4.79 Å². The normalized spacial score (nSPS) is 27.1. The minimum absolute atomic E-state index is 0.00597. The van der Waals surface area contributed by atoms with Crippen LogP contribution in [0.4, 0.5) is 0 Å². The van der Waals surface area contributed by atoms with Crippen LogP contribution >= 0.6 is 0 Å². The van der Waals surface area contributed by atoms with Gasteiger partial charge in [0.05, 0.1) is 6.10 Å². The van der Waals surface area contributed by atoms with Gasteiger partial charge < -0.3 is 15.4 Å². The molecule has 0 radical (unpaired) electrons. The first-order valence-corrected chi connectivity index (χ1v) is 5.68. The molecule has 0 aromatic carbocycles. The zero-order chi connectivity index (χ0) is 11.3. The molecule has 1 fully saturated rings. The summed E-state index contributed by atoms with van der Waals surface area (Å²) in [5.41, 5.74) is 5.99. The van der Waals surface area contributed by atoms with Crippen LogP contribution in [0.2, 0.25) is 0 Å². The van der Waals surface area contributed by atoms with Crippen LogP contribution in [0.25, 0.3) is 0 Å². The molecule has 1 aliphatic carbocycles. The van der Waals surface area contributed by atoms with Crippen molar-refractivity contribution in [3.8, 4) is 0 Å². The van der Waals surface area contributed by atoms with Crippen molar-refractivity contribution in [1.29, 1.82) is 0 Å². The molecule has 1 amide bonds. The minimum atomic E-state index is 0.00597. The molecule has 0 saturated heterocycles. The number of likely N-dealkylation sites (N-methyl/N-ethyl adjacent to an activating group) is 1. The van der Waals surface area contributed by atoms with E-state index in [1.165, 1.54) is 12.8 Å². The van der Waals surface area contributed by atoms with Crippen molar-refractivity contribution >= 4 is 5.91 Å². The second kappa shape index (κ2) is 6.08. The molecule has 0 aromatic rings. The number of nitrogens with two attached hydrogens (primary N) is 1. The van der Waals surface area contributed by atoms with Gasteiger partial charge in [-0.25, -0.2) is 0 Å². The molecule has 4 heteroatoms. The molecule has 0 bridgehead atoms. The summed E-state index contributed by atoms with van der Waals surface area (Å²) < 4.78 is 5.58. The number of ether oxygens (including phenoxy) is 1. The third kappa shape index (κ3) is 4.18. The monoisotopic (exact) mass is 214 g/mol. The van der Waals surface area contributed by atoms with E-state index >= 15 is 0 Å². The first-order chi connectivity index (χ1) is 7.11. The summed E-state index contributed by atoms with van der Waals surface area (Å²) in [6, 6.07) is 0.0995. The highest BCUT2D eigenvalue weighted by molar-refractivity contribution is 5.76. The van der Waals surface area contributed by atoms with E-state index in [2.05, 4.69) is 0 Å². The largest absolute Gasteiger partial charge is 0.367 e. The van der Waals surface area contributed by atoms with Crippen LogP contribution in [0.1, 0.15) is 32.1 Å². The van der Waals surface area contributed by atoms with Gasteiger partial charge in [-0.3, -0.25) is 4.79 Å². The van der Waals surface area contributed by atoms with E-state index in [1.807, 2.05) is 0 Å². The lowest BCUT2D eigenvalue weighted by Crippen LogP contribution is -2.38. The van der Waals surface area contributed by atoms with Gasteiger partial charge in [-0.2, -0.15) is 0 Å². The van der Waals surface area contributed by atoms with Gasteiger partial charge in [0.1, 0.15) is 6.61 Å². The Morgan fingerprint density at radius 1 is 1.33 bits per heavy atom. The fraction of sp³-hybridized carbons (Fsp3) is 0.909. The van der Waals surface area contributed by atoms with Gasteiger partial charge in [-0.15, -0.1) is 0 Å². The minimum Gasteiger partial charge on any atom is -0.367 e. The fourth-order valence-electron chi connectivity index (χ4n) is 1.82. The van der Waals surface area contributed by atoms with Crippen molar-refractivity contribution in [1.82, 2.24) is 4.90 Å². The molecule has 1 aliphatic rings. The first kappa shape index (κ1) is 12.5. The number of amides is 1. The van der Waals surface area contributed by atoms with Gasteiger partial charge in [0, 0.05) is 20.1 Å². The molecule has 1 saturated carbocycles. The first-order valence-electron chi connectivity index (χ1n) is 5.68. The molecule has 0 aromatic heterocycles. The fourth-order valence-corrected chi connectivity index (χ4v) is 1.82. The van der Waals surface area contributed by atoms with Crippen molar-refractivity contribution < 1.29 is 9.53 Å². The van der Waals surface area contributed by atoms with Crippen molar-refractivity contribution in [2.24, 2.45) is 5.73 Å². The van der Waals surface area contributed by atoms with E-state index in [0.717, 1.165) is 19.3 Å². The molecule has 4 nitrogen and oxygen atoms in total. The Bertz CT molecular complexity index is 207. The second-order valence-corrected chi connectivity index (χ2v) is 4.44. The van der Waals surface area contributed by atoms with E-state index in [-0.39, 0.29) is 24.7 Å². The summed E-state index contributed by atoms with van der Waals surface area (Å²) in [5.74, 6) is 0.00597. The number of rotatable bonds is 3. The number of hydrogen-bond donors (Lipinski definition) is 1. The van der Waals surface area contributed by atoms with Crippen molar-refractivity contribution in [2.75, 3.05) is 20.7 Å². The zero-order valence-corrected chi connectivity index (χ0v) is 9.74. The number of nitrogens with zero attached hydrogens (tertiary/aromatic N) is 1. The van der Waals surface area contributed by atoms with E-state index < -0.39 is 0 Å². The van der Waals surface area contributed by atoms with Crippen LogP contribution < -0.4 is 5.73 Å². The topological polar surface area (TPSA) is 55.6 Å². The number of hydrogen-bond acceptors (Lipinski definition) is 3. The van der Waals surface area contributed by atoms with Crippen LogP contribution in [0.5, 0.6) is 0 Å². The predicted molar refractivity (Wildman–Crippen MR) is 59.5 cm³/mol. The molecule has 1 rings (SSSR count). The van der Waals surface area contributed by atoms with Crippen molar-refractivity contribution in [3.05, 3.63) is 0 Å². The lowest BCUT2D eigenvalue weighted by Gasteiger charge is -2.22. The predicted octanol–water partition coefficient (Wildman–Crippen LogP) is 0.751. The summed E-state index contributed by atoms with van der Waals surface area (Å²) >= 11 is 0. The Morgan fingerprint density at radius 2 is 2.00 bits per heavy atom. The Kier molecular flexibility index (Phi) is 5.05. The number of carbonyl (C=O) groups excluding carboxylic acids is 1. The highest BCUT2D eigenvalue weighted by Crippen LogP contribution is 2.19. The van der Waals surface area contributed by atoms with Crippen LogP contribution in [0.15, 0.2) is 0 Å². The smallest absolute Gasteiger partial charge is 0.248 e. The zero-order valence-electron chi connectivity index (χ0n) is 9.74. The van der Waals surface area contributed by atoms with E-state index in [4.69, 9.17) is 10.5 Å². The molecule has 2 atom stereocenters. The molecular weight excluding hydrogens is 192 g/mol. The summed E-state index contributed by atoms with van der Waals surface area (Å²) in [7, 11) is 3.47. The lowest BCUT2D eigenvalue weighted by molar-refractivity contribution is -0.136. The molecule has 15 heavy (non-hydrogen) atoms. The summed E-state index contributed by atoms with van der Waals surface area (Å²) in [4.78, 5) is 12.9. The van der Waals surface area contributed by atoms with Crippen LogP contribution in [0.3, 0.4) is 0 Å². The van der Waals surface area contributed by atoms with Crippen LogP contribution in [-0.2, 0) is 9.53 Å². The molecule has 0 heterocycles. The quantitative estimate of drug-likeness (QED) is 0.705. The maximum absolute atomic E-state index is 11.3. The molecule has 2 unspecified atom stereocenters. The Balaban J connectivity index is 2.32. The van der Waals surface area contributed by atoms with Gasteiger partial charge in [0.2, 0.25) is 5.91 Å². The highest BCUT2D eigenvalue weighted by atomic mass is 16.5. The van der Waals surface area contributed by atoms with Gasteiger partial charge >= 0.3 is 0 Å². The van der Waals surface area contributed by atoms with Crippen molar-refractivity contribution in [3.63, 3.8) is 0 Å². The summed E-state index contributed by atoms with van der Waals surface area (Å²) in [6.07, 6.45) is 5.64. The van der Waals surface area contributed by atoms with Crippen LogP contribution in [0, 0.1) is 0 Å². The Morgan fingerprint density at radius 3 is 2.67 bits per heavy atom. The van der Waals surface area contributed by atoms with Crippen LogP contribution in [-0.4, -0.2) is 43.7 Å². The van der Waals surface area contributed by atoms with Gasteiger partial charge in [0.25, 0.3) is 0 Å². The average Bonchev–Trinajstić information content (AvgIpc) is 2.39.